The Bertz CT molecular complexity index is 1420. The van der Waals surface area contributed by atoms with Gasteiger partial charge in [-0.2, -0.15) is 0 Å². The normalized spacial score (nSPS) is 11.6. The first kappa shape index (κ1) is 16.1. The maximum absolute atomic E-state index is 4.95. The zero-order chi connectivity index (χ0) is 19.2. The van der Waals surface area contributed by atoms with Gasteiger partial charge in [-0.05, 0) is 40.6 Å². The summed E-state index contributed by atoms with van der Waals surface area (Å²) < 4.78 is 2.35. The van der Waals surface area contributed by atoms with Gasteiger partial charge in [-0.15, -0.1) is 0 Å². The molecule has 3 heteroatoms. The molecule has 2 heterocycles. The Kier molecular flexibility index (Phi) is 3.53. The Labute approximate surface area is 168 Å². The summed E-state index contributed by atoms with van der Waals surface area (Å²) in [6, 6.07) is 34.1. The molecule has 0 saturated heterocycles. The average Bonchev–Trinajstić information content (AvgIpc) is 3.34. The van der Waals surface area contributed by atoms with Gasteiger partial charge in [0, 0.05) is 17.4 Å². The minimum atomic E-state index is 0.808. The van der Waals surface area contributed by atoms with Crippen molar-refractivity contribution in [3.8, 4) is 11.5 Å². The van der Waals surface area contributed by atoms with Gasteiger partial charge in [0.2, 0.25) is 0 Å². The number of para-hydroxylation sites is 1. The van der Waals surface area contributed by atoms with Crippen molar-refractivity contribution in [2.45, 2.75) is 6.54 Å². The SMILES string of the molecule is c1ccc(Cn2c(-c3nc4cc5ccccc5cc4[nH]3)cc3ccccc32)cc1. The Morgan fingerprint density at radius 3 is 2.21 bits per heavy atom. The van der Waals surface area contributed by atoms with Gasteiger partial charge < -0.3 is 9.55 Å². The number of aromatic amines is 1. The second-order valence-corrected chi connectivity index (χ2v) is 7.46. The molecule has 0 aliphatic rings. The van der Waals surface area contributed by atoms with Gasteiger partial charge in [-0.1, -0.05) is 72.8 Å². The largest absolute Gasteiger partial charge is 0.337 e. The molecule has 0 aliphatic carbocycles. The van der Waals surface area contributed by atoms with E-state index < -0.39 is 0 Å². The van der Waals surface area contributed by atoms with E-state index in [2.05, 4.69) is 107 Å². The van der Waals surface area contributed by atoms with Gasteiger partial charge in [0.25, 0.3) is 0 Å². The van der Waals surface area contributed by atoms with Crippen LogP contribution >= 0.6 is 0 Å². The molecule has 138 valence electrons. The summed E-state index contributed by atoms with van der Waals surface area (Å²) in [4.78, 5) is 8.51. The van der Waals surface area contributed by atoms with Crippen LogP contribution in [0.2, 0.25) is 0 Å². The molecule has 0 atom stereocenters. The monoisotopic (exact) mass is 373 g/mol. The van der Waals surface area contributed by atoms with Crippen LogP contribution in [0.25, 0.3) is 44.2 Å². The fraction of sp³-hybridized carbons (Fsp3) is 0.0385. The fourth-order valence-corrected chi connectivity index (χ4v) is 4.16. The van der Waals surface area contributed by atoms with Crippen molar-refractivity contribution in [1.29, 1.82) is 0 Å². The number of nitrogens with one attached hydrogen (secondary N) is 1. The molecular formula is C26H19N3. The van der Waals surface area contributed by atoms with Crippen molar-refractivity contribution in [2.75, 3.05) is 0 Å². The highest BCUT2D eigenvalue weighted by Gasteiger charge is 2.15. The van der Waals surface area contributed by atoms with E-state index >= 15 is 0 Å². The number of fused-ring (bicyclic) bond motifs is 3. The molecule has 0 spiro atoms. The smallest absolute Gasteiger partial charge is 0.155 e. The van der Waals surface area contributed by atoms with Crippen LogP contribution < -0.4 is 0 Å². The first-order valence-corrected chi connectivity index (χ1v) is 9.86. The second kappa shape index (κ2) is 6.35. The van der Waals surface area contributed by atoms with Gasteiger partial charge in [0.15, 0.2) is 5.82 Å². The van der Waals surface area contributed by atoms with Crippen molar-refractivity contribution in [3.05, 3.63) is 103 Å². The maximum atomic E-state index is 4.95. The van der Waals surface area contributed by atoms with Crippen LogP contribution in [0.15, 0.2) is 97.1 Å². The third-order valence-electron chi connectivity index (χ3n) is 5.59. The van der Waals surface area contributed by atoms with Crippen LogP contribution in [0.5, 0.6) is 0 Å². The molecule has 0 unspecified atom stereocenters. The molecule has 29 heavy (non-hydrogen) atoms. The summed E-state index contributed by atoms with van der Waals surface area (Å²) in [6.45, 7) is 0.808. The summed E-state index contributed by atoms with van der Waals surface area (Å²) in [5, 5.41) is 3.66. The summed E-state index contributed by atoms with van der Waals surface area (Å²) in [5.74, 6) is 0.905. The highest BCUT2D eigenvalue weighted by molar-refractivity contribution is 5.96. The first-order valence-electron chi connectivity index (χ1n) is 9.86. The maximum Gasteiger partial charge on any atom is 0.155 e. The van der Waals surface area contributed by atoms with Gasteiger partial charge >= 0.3 is 0 Å². The van der Waals surface area contributed by atoms with Crippen molar-refractivity contribution in [1.82, 2.24) is 14.5 Å². The molecule has 0 amide bonds. The van der Waals surface area contributed by atoms with Gasteiger partial charge in [0.05, 0.1) is 16.7 Å². The number of benzene rings is 4. The second-order valence-electron chi connectivity index (χ2n) is 7.46. The van der Waals surface area contributed by atoms with Crippen molar-refractivity contribution >= 4 is 32.7 Å². The van der Waals surface area contributed by atoms with Gasteiger partial charge in [0.1, 0.15) is 0 Å². The van der Waals surface area contributed by atoms with Gasteiger partial charge in [-0.3, -0.25) is 0 Å². The van der Waals surface area contributed by atoms with Crippen molar-refractivity contribution in [3.63, 3.8) is 0 Å². The standard InChI is InChI=1S/C26H19N3/c1-2-8-18(9-3-1)17-29-24-13-7-6-12-21(24)16-25(29)26-27-22-14-19-10-4-5-11-20(19)15-23(22)28-26/h1-16H,17H2,(H,27,28). The van der Waals surface area contributed by atoms with Crippen molar-refractivity contribution in [2.24, 2.45) is 0 Å². The van der Waals surface area contributed by atoms with E-state index in [9.17, 15) is 0 Å². The third-order valence-corrected chi connectivity index (χ3v) is 5.59. The molecule has 2 aromatic heterocycles. The molecule has 0 aliphatic heterocycles. The lowest BCUT2D eigenvalue weighted by Crippen LogP contribution is -2.02. The lowest BCUT2D eigenvalue weighted by Gasteiger charge is -2.09. The van der Waals surface area contributed by atoms with Crippen molar-refractivity contribution < 1.29 is 0 Å². The summed E-state index contributed by atoms with van der Waals surface area (Å²) in [7, 11) is 0. The highest BCUT2D eigenvalue weighted by atomic mass is 15.0. The minimum Gasteiger partial charge on any atom is -0.337 e. The average molecular weight is 373 g/mol. The number of nitrogens with zero attached hydrogens (tertiary/aromatic N) is 2. The van der Waals surface area contributed by atoms with E-state index in [4.69, 9.17) is 4.98 Å². The Hall–Kier alpha value is -3.85. The van der Waals surface area contributed by atoms with Crippen LogP contribution in [0.3, 0.4) is 0 Å². The summed E-state index contributed by atoms with van der Waals surface area (Å²) in [5.41, 5.74) is 5.66. The fourth-order valence-electron chi connectivity index (χ4n) is 4.16. The van der Waals surface area contributed by atoms with Crippen LogP contribution in [-0.2, 0) is 6.54 Å². The number of aromatic nitrogens is 3. The van der Waals surface area contributed by atoms with E-state index in [-0.39, 0.29) is 0 Å². The molecule has 6 aromatic rings. The first-order chi connectivity index (χ1) is 14.3. The zero-order valence-electron chi connectivity index (χ0n) is 15.8. The molecule has 1 N–H and O–H groups in total. The van der Waals surface area contributed by atoms with Crippen LogP contribution in [0, 0.1) is 0 Å². The molecule has 0 fully saturated rings. The molecule has 0 radical (unpaired) electrons. The molecule has 6 rings (SSSR count). The minimum absolute atomic E-state index is 0.808. The van der Waals surface area contributed by atoms with E-state index in [0.717, 1.165) is 29.1 Å². The Morgan fingerprint density at radius 2 is 1.38 bits per heavy atom. The van der Waals surface area contributed by atoms with E-state index in [1.807, 2.05) is 0 Å². The topological polar surface area (TPSA) is 33.6 Å². The molecule has 3 nitrogen and oxygen atoms in total. The lowest BCUT2D eigenvalue weighted by atomic mass is 10.1. The number of hydrogen-bond acceptors (Lipinski definition) is 1. The van der Waals surface area contributed by atoms with E-state index in [1.165, 1.54) is 27.2 Å². The highest BCUT2D eigenvalue weighted by Crippen LogP contribution is 2.30. The summed E-state index contributed by atoms with van der Waals surface area (Å²) in [6.07, 6.45) is 0. The van der Waals surface area contributed by atoms with Crippen LogP contribution in [-0.4, -0.2) is 14.5 Å². The molecule has 4 aromatic carbocycles. The zero-order valence-corrected chi connectivity index (χ0v) is 15.8. The quantitative estimate of drug-likeness (QED) is 0.383. The molecule has 0 saturated carbocycles. The third kappa shape index (κ3) is 2.71. The van der Waals surface area contributed by atoms with E-state index in [1.54, 1.807) is 0 Å². The Balaban J connectivity index is 1.56. The number of hydrogen-bond donors (Lipinski definition) is 1. The predicted molar refractivity (Wildman–Crippen MR) is 120 cm³/mol. The number of H-pyrrole nitrogens is 1. The number of rotatable bonds is 3. The Morgan fingerprint density at radius 1 is 0.690 bits per heavy atom. The molecule has 0 bridgehead atoms. The number of imidazole rings is 1. The summed E-state index contributed by atoms with van der Waals surface area (Å²) >= 11 is 0. The van der Waals surface area contributed by atoms with Crippen LogP contribution in [0.4, 0.5) is 0 Å². The predicted octanol–water partition coefficient (Wildman–Crippen LogP) is 6.39. The van der Waals surface area contributed by atoms with Crippen LogP contribution in [0.1, 0.15) is 5.56 Å². The molecular weight excluding hydrogens is 354 g/mol. The lowest BCUT2D eigenvalue weighted by molar-refractivity contribution is 0.839. The van der Waals surface area contributed by atoms with Gasteiger partial charge in [-0.25, -0.2) is 4.98 Å². The van der Waals surface area contributed by atoms with E-state index in [0.29, 0.717) is 0 Å².